The van der Waals surface area contributed by atoms with Crippen molar-refractivity contribution in [2.24, 2.45) is 5.90 Å². The SMILES string of the molecule is NOCc1cc2c(c(Br)c1F)OCO2. The van der Waals surface area contributed by atoms with Crippen LogP contribution >= 0.6 is 15.9 Å². The number of ether oxygens (including phenoxy) is 2. The molecule has 2 N–H and O–H groups in total. The minimum absolute atomic E-state index is 0.0128. The molecular weight excluding hydrogens is 257 g/mol. The van der Waals surface area contributed by atoms with Gasteiger partial charge in [0, 0.05) is 5.56 Å². The zero-order valence-corrected chi connectivity index (χ0v) is 8.64. The quantitative estimate of drug-likeness (QED) is 0.826. The first kappa shape index (κ1) is 9.70. The lowest BCUT2D eigenvalue weighted by Gasteiger charge is -2.06. The Morgan fingerprint density at radius 3 is 3.07 bits per heavy atom. The minimum Gasteiger partial charge on any atom is -0.454 e. The summed E-state index contributed by atoms with van der Waals surface area (Å²) >= 11 is 3.08. The molecule has 2 rings (SSSR count). The fourth-order valence-corrected chi connectivity index (χ4v) is 1.79. The molecule has 6 heteroatoms. The Bertz CT molecular complexity index is 372. The Hall–Kier alpha value is -0.850. The maximum absolute atomic E-state index is 13.5. The van der Waals surface area contributed by atoms with Crippen molar-refractivity contribution in [2.75, 3.05) is 6.79 Å². The molecule has 0 atom stereocenters. The van der Waals surface area contributed by atoms with Crippen molar-refractivity contribution in [3.8, 4) is 11.5 Å². The summed E-state index contributed by atoms with van der Waals surface area (Å²) in [6.45, 7) is 0.0847. The van der Waals surface area contributed by atoms with Gasteiger partial charge < -0.3 is 9.47 Å². The Labute approximate surface area is 87.8 Å². The molecule has 0 aromatic heterocycles. The van der Waals surface area contributed by atoms with Crippen molar-refractivity contribution in [1.82, 2.24) is 0 Å². The van der Waals surface area contributed by atoms with Gasteiger partial charge in [0.2, 0.25) is 6.79 Å². The zero-order chi connectivity index (χ0) is 10.1. The second kappa shape index (κ2) is 3.72. The molecular formula is C8H7BrFNO3. The first-order chi connectivity index (χ1) is 6.74. The van der Waals surface area contributed by atoms with E-state index in [2.05, 4.69) is 20.8 Å². The van der Waals surface area contributed by atoms with E-state index < -0.39 is 5.82 Å². The van der Waals surface area contributed by atoms with Crippen molar-refractivity contribution in [3.63, 3.8) is 0 Å². The van der Waals surface area contributed by atoms with Crippen LogP contribution in [0.1, 0.15) is 5.56 Å². The molecule has 0 unspecified atom stereocenters. The predicted molar refractivity (Wildman–Crippen MR) is 49.2 cm³/mol. The highest BCUT2D eigenvalue weighted by molar-refractivity contribution is 9.10. The van der Waals surface area contributed by atoms with Gasteiger partial charge in [0.15, 0.2) is 11.5 Å². The van der Waals surface area contributed by atoms with Gasteiger partial charge in [0.25, 0.3) is 0 Å². The van der Waals surface area contributed by atoms with Crippen LogP contribution in [0.15, 0.2) is 10.5 Å². The van der Waals surface area contributed by atoms with Gasteiger partial charge in [-0.1, -0.05) is 0 Å². The summed E-state index contributed by atoms with van der Waals surface area (Å²) in [4.78, 5) is 4.37. The second-order valence-corrected chi connectivity index (χ2v) is 3.50. The van der Waals surface area contributed by atoms with Crippen LogP contribution in [0.3, 0.4) is 0 Å². The second-order valence-electron chi connectivity index (χ2n) is 2.71. The van der Waals surface area contributed by atoms with Crippen molar-refractivity contribution in [3.05, 3.63) is 21.9 Å². The largest absolute Gasteiger partial charge is 0.454 e. The van der Waals surface area contributed by atoms with Gasteiger partial charge in [0.05, 0.1) is 11.1 Å². The standard InChI is InChI=1S/C8H7BrFNO3/c9-6-7(10)4(2-14-11)1-5-8(6)13-3-12-5/h1H,2-3,11H2. The third-order valence-corrected chi connectivity index (χ3v) is 2.57. The van der Waals surface area contributed by atoms with Gasteiger partial charge in [-0.15, -0.1) is 0 Å². The number of hydrogen-bond acceptors (Lipinski definition) is 4. The molecule has 1 aliphatic rings. The Morgan fingerprint density at radius 2 is 2.36 bits per heavy atom. The molecule has 0 spiro atoms. The van der Waals surface area contributed by atoms with Crippen LogP contribution in [0.2, 0.25) is 0 Å². The summed E-state index contributed by atoms with van der Waals surface area (Å²) in [6, 6.07) is 1.51. The molecule has 76 valence electrons. The average molecular weight is 264 g/mol. The summed E-state index contributed by atoms with van der Waals surface area (Å²) in [5.74, 6) is 5.30. The molecule has 1 heterocycles. The molecule has 0 bridgehead atoms. The molecule has 4 nitrogen and oxygen atoms in total. The Morgan fingerprint density at radius 1 is 1.57 bits per heavy atom. The molecule has 1 aromatic rings. The van der Waals surface area contributed by atoms with Crippen LogP contribution in [0.5, 0.6) is 11.5 Å². The van der Waals surface area contributed by atoms with E-state index in [9.17, 15) is 4.39 Å². The number of benzene rings is 1. The van der Waals surface area contributed by atoms with Gasteiger partial charge in [-0.25, -0.2) is 10.3 Å². The summed E-state index contributed by atoms with van der Waals surface area (Å²) in [7, 11) is 0. The summed E-state index contributed by atoms with van der Waals surface area (Å²) in [6.07, 6.45) is 0. The van der Waals surface area contributed by atoms with Crippen LogP contribution in [-0.4, -0.2) is 6.79 Å². The summed E-state index contributed by atoms with van der Waals surface area (Å²) in [5, 5.41) is 0. The van der Waals surface area contributed by atoms with E-state index in [4.69, 9.17) is 15.4 Å². The van der Waals surface area contributed by atoms with Crippen molar-refractivity contribution in [1.29, 1.82) is 0 Å². The van der Waals surface area contributed by atoms with Gasteiger partial charge in [-0.05, 0) is 22.0 Å². The van der Waals surface area contributed by atoms with Crippen LogP contribution in [-0.2, 0) is 11.4 Å². The van der Waals surface area contributed by atoms with Gasteiger partial charge in [0.1, 0.15) is 5.82 Å². The molecule has 14 heavy (non-hydrogen) atoms. The number of nitrogens with two attached hydrogens (primary N) is 1. The highest BCUT2D eigenvalue weighted by atomic mass is 79.9. The molecule has 0 amide bonds. The first-order valence-corrected chi connectivity index (χ1v) is 4.61. The third kappa shape index (κ3) is 1.45. The molecule has 0 saturated heterocycles. The number of halogens is 2. The lowest BCUT2D eigenvalue weighted by Crippen LogP contribution is -2.01. The number of rotatable bonds is 2. The number of hydrogen-bond donors (Lipinski definition) is 1. The van der Waals surface area contributed by atoms with Crippen molar-refractivity contribution >= 4 is 15.9 Å². The highest BCUT2D eigenvalue weighted by Crippen LogP contribution is 2.42. The fraction of sp³-hybridized carbons (Fsp3) is 0.250. The van der Waals surface area contributed by atoms with Crippen LogP contribution < -0.4 is 15.4 Å². The maximum Gasteiger partial charge on any atom is 0.231 e. The average Bonchev–Trinajstić information content (AvgIpc) is 2.62. The number of fused-ring (bicyclic) bond motifs is 1. The zero-order valence-electron chi connectivity index (χ0n) is 7.05. The minimum atomic E-state index is -0.445. The summed E-state index contributed by atoms with van der Waals surface area (Å²) < 4.78 is 23.9. The maximum atomic E-state index is 13.5. The smallest absolute Gasteiger partial charge is 0.231 e. The van der Waals surface area contributed by atoms with Crippen LogP contribution in [0.25, 0.3) is 0 Å². The molecule has 0 radical (unpaired) electrons. The molecule has 0 saturated carbocycles. The third-order valence-electron chi connectivity index (χ3n) is 1.86. The van der Waals surface area contributed by atoms with E-state index in [1.54, 1.807) is 0 Å². The summed E-state index contributed by atoms with van der Waals surface area (Å²) in [5.41, 5.74) is 0.323. The fourth-order valence-electron chi connectivity index (χ4n) is 1.22. The van der Waals surface area contributed by atoms with E-state index in [1.807, 2.05) is 0 Å². The van der Waals surface area contributed by atoms with Gasteiger partial charge >= 0.3 is 0 Å². The first-order valence-electron chi connectivity index (χ1n) is 3.82. The van der Waals surface area contributed by atoms with Crippen molar-refractivity contribution in [2.45, 2.75) is 6.61 Å². The Balaban J connectivity index is 2.49. The van der Waals surface area contributed by atoms with Crippen LogP contribution in [0.4, 0.5) is 4.39 Å². The van der Waals surface area contributed by atoms with E-state index in [0.29, 0.717) is 17.1 Å². The topological polar surface area (TPSA) is 53.7 Å². The highest BCUT2D eigenvalue weighted by Gasteiger charge is 2.22. The predicted octanol–water partition coefficient (Wildman–Crippen LogP) is 1.71. The van der Waals surface area contributed by atoms with Crippen LogP contribution in [0, 0.1) is 5.82 Å². The lowest BCUT2D eigenvalue weighted by molar-refractivity contribution is 0.121. The van der Waals surface area contributed by atoms with E-state index >= 15 is 0 Å². The monoisotopic (exact) mass is 263 g/mol. The molecule has 1 aromatic carbocycles. The normalized spacial score (nSPS) is 13.4. The molecule has 0 aliphatic carbocycles. The molecule has 0 fully saturated rings. The van der Waals surface area contributed by atoms with E-state index in [0.717, 1.165) is 0 Å². The molecule has 1 aliphatic heterocycles. The van der Waals surface area contributed by atoms with E-state index in [1.165, 1.54) is 6.07 Å². The van der Waals surface area contributed by atoms with Crippen molar-refractivity contribution < 1.29 is 18.7 Å². The Kier molecular flexibility index (Phi) is 2.58. The van der Waals surface area contributed by atoms with Gasteiger partial charge in [-0.3, -0.25) is 4.84 Å². The van der Waals surface area contributed by atoms with E-state index in [-0.39, 0.29) is 17.9 Å². The lowest BCUT2D eigenvalue weighted by atomic mass is 10.2. The van der Waals surface area contributed by atoms with Gasteiger partial charge in [-0.2, -0.15) is 0 Å².